The minimum atomic E-state index is -0.400. The Morgan fingerprint density at radius 2 is 2.07 bits per heavy atom. The first-order chi connectivity index (χ1) is 14.6. The molecule has 0 spiro atoms. The molecule has 0 aliphatic carbocycles. The summed E-state index contributed by atoms with van der Waals surface area (Å²) >= 11 is 1.42. The number of aromatic amines is 1. The number of amides is 1. The van der Waals surface area contributed by atoms with Crippen molar-refractivity contribution in [3.05, 3.63) is 80.7 Å². The number of carbonyl (C=O) groups excluding carboxylic acids is 1. The normalized spacial score (nSPS) is 15.9. The maximum absolute atomic E-state index is 13.5. The summed E-state index contributed by atoms with van der Waals surface area (Å²) in [4.78, 5) is 41.7. The quantitative estimate of drug-likeness (QED) is 0.549. The fourth-order valence-corrected chi connectivity index (χ4v) is 4.70. The van der Waals surface area contributed by atoms with Gasteiger partial charge in [-0.1, -0.05) is 12.1 Å². The molecule has 0 unspecified atom stereocenters. The van der Waals surface area contributed by atoms with E-state index in [2.05, 4.69) is 15.0 Å². The van der Waals surface area contributed by atoms with Crippen molar-refractivity contribution in [2.75, 3.05) is 13.7 Å². The highest BCUT2D eigenvalue weighted by Gasteiger charge is 2.35. The van der Waals surface area contributed by atoms with E-state index in [0.717, 1.165) is 27.6 Å². The Kier molecular flexibility index (Phi) is 4.39. The van der Waals surface area contributed by atoms with Gasteiger partial charge in [0.2, 0.25) is 0 Å². The van der Waals surface area contributed by atoms with Gasteiger partial charge in [-0.2, -0.15) is 0 Å². The number of hydrogen-bond acceptors (Lipinski definition) is 6. The fourth-order valence-electron chi connectivity index (χ4n) is 3.92. The molecule has 5 rings (SSSR count). The molecule has 1 N–H and O–H groups in total. The average Bonchev–Trinajstić information content (AvgIpc) is 3.39. The first kappa shape index (κ1) is 18.6. The number of H-pyrrole nitrogens is 1. The summed E-state index contributed by atoms with van der Waals surface area (Å²) in [6.07, 6.45) is 5.39. The molecule has 1 aliphatic heterocycles. The van der Waals surface area contributed by atoms with Crippen LogP contribution >= 0.6 is 11.3 Å². The maximum atomic E-state index is 13.5. The van der Waals surface area contributed by atoms with Gasteiger partial charge in [0.05, 0.1) is 19.1 Å². The van der Waals surface area contributed by atoms with Crippen LogP contribution in [0.3, 0.4) is 0 Å². The van der Waals surface area contributed by atoms with Crippen molar-refractivity contribution >= 4 is 22.2 Å². The van der Waals surface area contributed by atoms with Crippen molar-refractivity contribution in [3.8, 4) is 5.75 Å². The molecule has 1 atom stereocenters. The Morgan fingerprint density at radius 3 is 2.83 bits per heavy atom. The summed E-state index contributed by atoms with van der Waals surface area (Å²) in [7, 11) is 1.61. The van der Waals surface area contributed by atoms with Crippen LogP contribution in [-0.4, -0.2) is 43.8 Å². The largest absolute Gasteiger partial charge is 0.497 e. The SMILES string of the molecule is COc1ccc([C@@H]2c3nc[nH]c3CCN2C(=O)c2cnc3sc(C)cn3c2=O)cc1. The van der Waals surface area contributed by atoms with Crippen molar-refractivity contribution in [2.24, 2.45) is 0 Å². The Hall–Kier alpha value is -3.46. The van der Waals surface area contributed by atoms with Gasteiger partial charge in [0.15, 0.2) is 4.96 Å². The molecule has 9 heteroatoms. The first-order valence-corrected chi connectivity index (χ1v) is 10.3. The van der Waals surface area contributed by atoms with Gasteiger partial charge in [-0.3, -0.25) is 14.0 Å². The number of fused-ring (bicyclic) bond motifs is 2. The molecule has 0 saturated heterocycles. The van der Waals surface area contributed by atoms with Crippen LogP contribution < -0.4 is 10.3 Å². The summed E-state index contributed by atoms with van der Waals surface area (Å²) in [6, 6.07) is 7.15. The van der Waals surface area contributed by atoms with Crippen LogP contribution in [0.1, 0.15) is 38.2 Å². The number of thiazole rings is 1. The van der Waals surface area contributed by atoms with Crippen molar-refractivity contribution in [3.63, 3.8) is 0 Å². The van der Waals surface area contributed by atoms with E-state index in [-0.39, 0.29) is 17.0 Å². The predicted molar refractivity (Wildman–Crippen MR) is 112 cm³/mol. The number of carbonyl (C=O) groups is 1. The molecule has 4 aromatic rings. The smallest absolute Gasteiger partial charge is 0.271 e. The molecule has 0 radical (unpaired) electrons. The van der Waals surface area contributed by atoms with E-state index in [1.807, 2.05) is 31.2 Å². The average molecular weight is 421 g/mol. The number of aryl methyl sites for hydroxylation is 1. The summed E-state index contributed by atoms with van der Waals surface area (Å²) in [6.45, 7) is 2.37. The van der Waals surface area contributed by atoms with Gasteiger partial charge < -0.3 is 14.6 Å². The summed E-state index contributed by atoms with van der Waals surface area (Å²) < 4.78 is 6.70. The van der Waals surface area contributed by atoms with Crippen LogP contribution in [0.4, 0.5) is 0 Å². The Morgan fingerprint density at radius 1 is 1.27 bits per heavy atom. The third-order valence-electron chi connectivity index (χ3n) is 5.37. The number of hydrogen-bond donors (Lipinski definition) is 1. The highest BCUT2D eigenvalue weighted by atomic mass is 32.1. The molecule has 30 heavy (non-hydrogen) atoms. The molecule has 1 aromatic carbocycles. The molecule has 0 bridgehead atoms. The second-order valence-electron chi connectivity index (χ2n) is 7.16. The lowest BCUT2D eigenvalue weighted by molar-refractivity contribution is 0.0688. The fraction of sp³-hybridized carbons (Fsp3) is 0.238. The van der Waals surface area contributed by atoms with Crippen LogP contribution in [-0.2, 0) is 6.42 Å². The van der Waals surface area contributed by atoms with Gasteiger partial charge >= 0.3 is 0 Å². The first-order valence-electron chi connectivity index (χ1n) is 9.51. The molecule has 0 saturated carbocycles. The van der Waals surface area contributed by atoms with Gasteiger partial charge in [-0.05, 0) is 24.6 Å². The highest BCUT2D eigenvalue weighted by molar-refractivity contribution is 7.16. The second-order valence-corrected chi connectivity index (χ2v) is 8.38. The standard InChI is InChI=1S/C21H19N5O3S/c1-12-10-26-20(28)15(9-22-21(26)30-12)19(27)25-8-7-16-17(24-11-23-16)18(25)13-3-5-14(29-2)6-4-13/h3-6,9-11,18H,7-8H2,1-2H3,(H,23,24)/t18-/m1/s1. The van der Waals surface area contributed by atoms with E-state index >= 15 is 0 Å². The zero-order valence-electron chi connectivity index (χ0n) is 16.5. The zero-order valence-corrected chi connectivity index (χ0v) is 17.3. The molecule has 4 heterocycles. The van der Waals surface area contributed by atoms with E-state index in [4.69, 9.17) is 4.74 Å². The number of aromatic nitrogens is 4. The number of benzene rings is 1. The lowest BCUT2D eigenvalue weighted by Gasteiger charge is -2.35. The Bertz CT molecular complexity index is 1300. The highest BCUT2D eigenvalue weighted by Crippen LogP contribution is 2.34. The Balaban J connectivity index is 1.60. The lowest BCUT2D eigenvalue weighted by atomic mass is 9.95. The van der Waals surface area contributed by atoms with Crippen LogP contribution in [0.5, 0.6) is 5.75 Å². The molecule has 1 aliphatic rings. The molecule has 0 fully saturated rings. The van der Waals surface area contributed by atoms with Gasteiger partial charge in [0, 0.05) is 35.9 Å². The van der Waals surface area contributed by atoms with Crippen LogP contribution in [0, 0.1) is 6.92 Å². The monoisotopic (exact) mass is 421 g/mol. The zero-order chi connectivity index (χ0) is 20.8. The minimum absolute atomic E-state index is 0.0581. The van der Waals surface area contributed by atoms with Crippen molar-refractivity contribution in [2.45, 2.75) is 19.4 Å². The second kappa shape index (κ2) is 7.10. The van der Waals surface area contributed by atoms with E-state index in [1.165, 1.54) is 21.9 Å². The topological polar surface area (TPSA) is 92.6 Å². The molecule has 3 aromatic heterocycles. The molecule has 8 nitrogen and oxygen atoms in total. The number of rotatable bonds is 3. The van der Waals surface area contributed by atoms with Gasteiger partial charge in [-0.15, -0.1) is 11.3 Å². The predicted octanol–water partition coefficient (Wildman–Crippen LogP) is 2.58. The summed E-state index contributed by atoms with van der Waals surface area (Å²) in [5.74, 6) is 0.385. The van der Waals surface area contributed by atoms with Crippen molar-refractivity contribution in [1.29, 1.82) is 0 Å². The van der Waals surface area contributed by atoms with Gasteiger partial charge in [-0.25, -0.2) is 9.97 Å². The minimum Gasteiger partial charge on any atom is -0.497 e. The third kappa shape index (κ3) is 2.89. The molecular formula is C21H19N5O3S. The molecule has 1 amide bonds. The van der Waals surface area contributed by atoms with E-state index < -0.39 is 6.04 Å². The number of imidazole rings is 1. The van der Waals surface area contributed by atoms with Gasteiger partial charge in [0.1, 0.15) is 17.4 Å². The van der Waals surface area contributed by atoms with Gasteiger partial charge in [0.25, 0.3) is 11.5 Å². The van der Waals surface area contributed by atoms with Crippen molar-refractivity contribution < 1.29 is 9.53 Å². The molecule has 152 valence electrons. The number of ether oxygens (including phenoxy) is 1. The molecular weight excluding hydrogens is 402 g/mol. The van der Waals surface area contributed by atoms with E-state index in [1.54, 1.807) is 24.5 Å². The van der Waals surface area contributed by atoms with Crippen LogP contribution in [0.2, 0.25) is 0 Å². The summed E-state index contributed by atoms with van der Waals surface area (Å²) in [5, 5.41) is 0. The number of nitrogens with zero attached hydrogens (tertiary/aromatic N) is 4. The number of nitrogens with one attached hydrogen (secondary N) is 1. The van der Waals surface area contributed by atoms with Crippen molar-refractivity contribution in [1.82, 2.24) is 24.3 Å². The Labute approximate surface area is 175 Å². The van der Waals surface area contributed by atoms with E-state index in [9.17, 15) is 9.59 Å². The van der Waals surface area contributed by atoms with Crippen LogP contribution in [0.25, 0.3) is 4.96 Å². The number of methoxy groups -OCH3 is 1. The third-order valence-corrected chi connectivity index (χ3v) is 6.28. The van der Waals surface area contributed by atoms with E-state index in [0.29, 0.717) is 17.9 Å². The summed E-state index contributed by atoms with van der Waals surface area (Å²) in [5.41, 5.74) is 2.40. The van der Waals surface area contributed by atoms with Crippen LogP contribution in [0.15, 0.2) is 47.8 Å². The lowest BCUT2D eigenvalue weighted by Crippen LogP contribution is -2.43. The maximum Gasteiger partial charge on any atom is 0.271 e.